The molecule has 1 fully saturated rings. The molecule has 18 heavy (non-hydrogen) atoms. The first-order valence-corrected chi connectivity index (χ1v) is 6.83. The first-order chi connectivity index (χ1) is 8.03. The van der Waals surface area contributed by atoms with Crippen molar-refractivity contribution in [2.75, 3.05) is 26.2 Å². The smallest absolute Gasteiger partial charge is 0.240 e. The highest BCUT2D eigenvalue weighted by Crippen LogP contribution is 2.21. The summed E-state index contributed by atoms with van der Waals surface area (Å²) in [5.74, 6) is 0.0936. The molecule has 4 heteroatoms. The lowest BCUT2D eigenvalue weighted by molar-refractivity contribution is -0.137. The van der Waals surface area contributed by atoms with Crippen LogP contribution in [0, 0.1) is 5.41 Å². The molecule has 0 aromatic rings. The summed E-state index contributed by atoms with van der Waals surface area (Å²) >= 11 is 0. The average molecular weight is 255 g/mol. The third kappa shape index (κ3) is 3.69. The van der Waals surface area contributed by atoms with Crippen LogP contribution in [0.3, 0.4) is 0 Å². The summed E-state index contributed by atoms with van der Waals surface area (Å²) in [6.07, 6.45) is 0. The largest absolute Gasteiger partial charge is 0.339 e. The van der Waals surface area contributed by atoms with Crippen LogP contribution in [0.15, 0.2) is 0 Å². The van der Waals surface area contributed by atoms with Crippen molar-refractivity contribution in [3.8, 4) is 0 Å². The van der Waals surface area contributed by atoms with Crippen molar-refractivity contribution < 1.29 is 4.79 Å². The van der Waals surface area contributed by atoms with E-state index < -0.39 is 6.04 Å². The fourth-order valence-corrected chi connectivity index (χ4v) is 2.16. The van der Waals surface area contributed by atoms with E-state index in [0.29, 0.717) is 0 Å². The van der Waals surface area contributed by atoms with Crippen LogP contribution in [0.2, 0.25) is 0 Å². The lowest BCUT2D eigenvalue weighted by Crippen LogP contribution is -2.58. The van der Waals surface area contributed by atoms with Gasteiger partial charge >= 0.3 is 0 Å². The van der Waals surface area contributed by atoms with Crippen LogP contribution in [0.25, 0.3) is 0 Å². The van der Waals surface area contributed by atoms with Gasteiger partial charge in [0.1, 0.15) is 0 Å². The number of rotatable bonds is 1. The van der Waals surface area contributed by atoms with Crippen LogP contribution >= 0.6 is 0 Å². The molecule has 1 saturated heterocycles. The van der Waals surface area contributed by atoms with Crippen LogP contribution in [0.5, 0.6) is 0 Å². The van der Waals surface area contributed by atoms with Gasteiger partial charge in [-0.05, 0) is 26.2 Å². The maximum Gasteiger partial charge on any atom is 0.240 e. The van der Waals surface area contributed by atoms with Crippen molar-refractivity contribution in [2.45, 2.75) is 53.1 Å². The standard InChI is InChI=1S/C14H29N3O/c1-13(2,3)11(15)12(18)16-7-9-17(10-8-16)14(4,5)6/h11H,7-10,15H2,1-6H3. The lowest BCUT2D eigenvalue weighted by atomic mass is 9.86. The minimum absolute atomic E-state index is 0.0936. The molecule has 0 spiro atoms. The Morgan fingerprint density at radius 3 is 1.78 bits per heavy atom. The Balaban J connectivity index is 2.56. The second-order valence-electron chi connectivity index (χ2n) is 7.33. The van der Waals surface area contributed by atoms with Crippen molar-refractivity contribution in [1.29, 1.82) is 0 Å². The summed E-state index contributed by atoms with van der Waals surface area (Å²) in [5.41, 5.74) is 6.05. The zero-order valence-electron chi connectivity index (χ0n) is 12.8. The SMILES string of the molecule is CC(C)(C)C(N)C(=O)N1CCN(C(C)(C)C)CC1. The van der Waals surface area contributed by atoms with Crippen LogP contribution in [0.4, 0.5) is 0 Å². The highest BCUT2D eigenvalue weighted by Gasteiger charge is 2.34. The fraction of sp³-hybridized carbons (Fsp3) is 0.929. The predicted octanol–water partition coefficient (Wildman–Crippen LogP) is 1.30. The number of nitrogens with two attached hydrogens (primary N) is 1. The minimum atomic E-state index is -0.404. The van der Waals surface area contributed by atoms with E-state index in [1.807, 2.05) is 25.7 Å². The molecule has 106 valence electrons. The van der Waals surface area contributed by atoms with Gasteiger partial charge in [-0.1, -0.05) is 20.8 Å². The average Bonchev–Trinajstić information content (AvgIpc) is 2.25. The summed E-state index contributed by atoms with van der Waals surface area (Å²) < 4.78 is 0. The molecule has 1 rings (SSSR count). The molecule has 0 radical (unpaired) electrons. The quantitative estimate of drug-likeness (QED) is 0.768. The molecule has 1 atom stereocenters. The third-order valence-corrected chi connectivity index (χ3v) is 3.74. The van der Waals surface area contributed by atoms with E-state index in [-0.39, 0.29) is 16.9 Å². The van der Waals surface area contributed by atoms with Gasteiger partial charge in [0.25, 0.3) is 0 Å². The van der Waals surface area contributed by atoms with Crippen molar-refractivity contribution in [3.63, 3.8) is 0 Å². The Labute approximate surface area is 111 Å². The number of piperazine rings is 1. The normalized spacial score (nSPS) is 20.9. The van der Waals surface area contributed by atoms with E-state index in [4.69, 9.17) is 5.73 Å². The van der Waals surface area contributed by atoms with Gasteiger partial charge in [0.15, 0.2) is 0 Å². The van der Waals surface area contributed by atoms with Crippen LogP contribution in [-0.2, 0) is 4.79 Å². The van der Waals surface area contributed by atoms with Crippen molar-refractivity contribution in [2.24, 2.45) is 11.1 Å². The van der Waals surface area contributed by atoms with E-state index >= 15 is 0 Å². The summed E-state index contributed by atoms with van der Waals surface area (Å²) in [6.45, 7) is 16.1. The number of amides is 1. The zero-order chi connectivity index (χ0) is 14.1. The molecule has 0 aliphatic carbocycles. The van der Waals surface area contributed by atoms with Gasteiger partial charge in [-0.25, -0.2) is 0 Å². The summed E-state index contributed by atoms with van der Waals surface area (Å²) in [4.78, 5) is 16.6. The first-order valence-electron chi connectivity index (χ1n) is 6.83. The van der Waals surface area contributed by atoms with Gasteiger partial charge in [0.05, 0.1) is 6.04 Å². The molecule has 1 heterocycles. The third-order valence-electron chi connectivity index (χ3n) is 3.74. The van der Waals surface area contributed by atoms with Gasteiger partial charge in [0, 0.05) is 31.7 Å². The maximum atomic E-state index is 12.3. The molecule has 1 unspecified atom stereocenters. The molecule has 2 N–H and O–H groups in total. The molecule has 0 aromatic heterocycles. The number of carbonyl (C=O) groups excluding carboxylic acids is 1. The van der Waals surface area contributed by atoms with E-state index in [1.165, 1.54) is 0 Å². The van der Waals surface area contributed by atoms with Gasteiger partial charge < -0.3 is 10.6 Å². The molecular weight excluding hydrogens is 226 g/mol. The number of hydrogen-bond acceptors (Lipinski definition) is 3. The second-order valence-corrected chi connectivity index (χ2v) is 7.33. The van der Waals surface area contributed by atoms with E-state index in [1.54, 1.807) is 0 Å². The Bertz CT molecular complexity index is 293. The maximum absolute atomic E-state index is 12.3. The summed E-state index contributed by atoms with van der Waals surface area (Å²) in [5, 5.41) is 0. The first kappa shape index (κ1) is 15.4. The number of carbonyl (C=O) groups is 1. The lowest BCUT2D eigenvalue weighted by Gasteiger charge is -2.43. The number of nitrogens with zero attached hydrogens (tertiary/aromatic N) is 2. The van der Waals surface area contributed by atoms with Gasteiger partial charge in [0.2, 0.25) is 5.91 Å². The van der Waals surface area contributed by atoms with Crippen LogP contribution in [-0.4, -0.2) is 53.5 Å². The van der Waals surface area contributed by atoms with Gasteiger partial charge in [-0.15, -0.1) is 0 Å². The summed E-state index contributed by atoms with van der Waals surface area (Å²) in [6, 6.07) is -0.404. The van der Waals surface area contributed by atoms with E-state index in [0.717, 1.165) is 26.2 Å². The predicted molar refractivity (Wildman–Crippen MR) is 75.3 cm³/mol. The topological polar surface area (TPSA) is 49.6 Å². The van der Waals surface area contributed by atoms with Gasteiger partial charge in [-0.2, -0.15) is 0 Å². The molecular formula is C14H29N3O. The Hall–Kier alpha value is -0.610. The molecule has 0 bridgehead atoms. The zero-order valence-corrected chi connectivity index (χ0v) is 12.8. The van der Waals surface area contributed by atoms with Crippen LogP contribution in [0.1, 0.15) is 41.5 Å². The Kier molecular flexibility index (Phi) is 4.44. The number of hydrogen-bond donors (Lipinski definition) is 1. The van der Waals surface area contributed by atoms with Crippen molar-refractivity contribution >= 4 is 5.91 Å². The Morgan fingerprint density at radius 2 is 1.44 bits per heavy atom. The monoisotopic (exact) mass is 255 g/mol. The highest BCUT2D eigenvalue weighted by atomic mass is 16.2. The fourth-order valence-electron chi connectivity index (χ4n) is 2.16. The minimum Gasteiger partial charge on any atom is -0.339 e. The molecule has 0 saturated carbocycles. The van der Waals surface area contributed by atoms with Crippen molar-refractivity contribution in [1.82, 2.24) is 9.80 Å². The van der Waals surface area contributed by atoms with Crippen molar-refractivity contribution in [3.05, 3.63) is 0 Å². The molecule has 1 amide bonds. The molecule has 1 aliphatic heterocycles. The van der Waals surface area contributed by atoms with Crippen LogP contribution < -0.4 is 5.73 Å². The van der Waals surface area contributed by atoms with Gasteiger partial charge in [-0.3, -0.25) is 9.69 Å². The molecule has 1 aliphatic rings. The Morgan fingerprint density at radius 1 is 1.00 bits per heavy atom. The summed E-state index contributed by atoms with van der Waals surface area (Å²) in [7, 11) is 0. The second kappa shape index (κ2) is 5.17. The molecule has 0 aromatic carbocycles. The van der Waals surface area contributed by atoms with E-state index in [2.05, 4.69) is 25.7 Å². The highest BCUT2D eigenvalue weighted by molar-refractivity contribution is 5.82. The molecule has 4 nitrogen and oxygen atoms in total. The van der Waals surface area contributed by atoms with E-state index in [9.17, 15) is 4.79 Å².